The molecule has 0 unspecified atom stereocenters. The largest absolute Gasteiger partial charge is 0.466 e. The lowest BCUT2D eigenvalue weighted by Crippen LogP contribution is -2.26. The number of amides is 1. The Hall–Kier alpha value is -1.98. The first-order valence-corrected chi connectivity index (χ1v) is 5.43. The fraction of sp³-hybridized carbons (Fsp3) is 0.333. The van der Waals surface area contributed by atoms with Crippen LogP contribution in [0.5, 0.6) is 0 Å². The average molecular weight is 257 g/mol. The average Bonchev–Trinajstić information content (AvgIpc) is 2.33. The number of carbonyl (C=O) groups excluding carboxylic acids is 2. The van der Waals surface area contributed by atoms with Crippen LogP contribution in [-0.2, 0) is 9.53 Å². The number of benzene rings is 1. The molecule has 0 radical (unpaired) electrons. The molecule has 0 saturated heterocycles. The van der Waals surface area contributed by atoms with Gasteiger partial charge in [0, 0.05) is 12.1 Å². The fourth-order valence-corrected chi connectivity index (χ4v) is 1.25. The molecule has 98 valence electrons. The smallest absolute Gasteiger partial charge is 0.307 e. The van der Waals surface area contributed by atoms with Gasteiger partial charge < -0.3 is 10.1 Å². The molecular formula is C12H13F2NO3. The second-order valence-electron chi connectivity index (χ2n) is 3.44. The summed E-state index contributed by atoms with van der Waals surface area (Å²) in [4.78, 5) is 22.5. The normalized spacial score (nSPS) is 9.94. The van der Waals surface area contributed by atoms with Gasteiger partial charge in [0.1, 0.15) is 0 Å². The van der Waals surface area contributed by atoms with Gasteiger partial charge in [0.25, 0.3) is 5.91 Å². The molecule has 0 heterocycles. The second kappa shape index (κ2) is 6.68. The lowest BCUT2D eigenvalue weighted by atomic mass is 10.2. The van der Waals surface area contributed by atoms with Crippen LogP contribution in [0.1, 0.15) is 23.7 Å². The molecule has 0 aliphatic rings. The van der Waals surface area contributed by atoms with E-state index in [4.69, 9.17) is 0 Å². The highest BCUT2D eigenvalue weighted by molar-refractivity contribution is 5.94. The van der Waals surface area contributed by atoms with Crippen LogP contribution < -0.4 is 5.32 Å². The summed E-state index contributed by atoms with van der Waals surface area (Å²) in [6.45, 7) is 2.03. The SMILES string of the molecule is CCOC(=O)CCNC(=O)c1ccc(F)c(F)c1. The van der Waals surface area contributed by atoms with Gasteiger partial charge in [-0.25, -0.2) is 8.78 Å². The lowest BCUT2D eigenvalue weighted by molar-refractivity contribution is -0.142. The highest BCUT2D eigenvalue weighted by Gasteiger charge is 2.10. The van der Waals surface area contributed by atoms with Crippen molar-refractivity contribution < 1.29 is 23.1 Å². The van der Waals surface area contributed by atoms with Crippen molar-refractivity contribution in [3.63, 3.8) is 0 Å². The fourth-order valence-electron chi connectivity index (χ4n) is 1.25. The zero-order chi connectivity index (χ0) is 13.5. The predicted octanol–water partition coefficient (Wildman–Crippen LogP) is 1.65. The van der Waals surface area contributed by atoms with Gasteiger partial charge in [-0.2, -0.15) is 0 Å². The van der Waals surface area contributed by atoms with Crippen LogP contribution in [0.3, 0.4) is 0 Å². The Kier molecular flexibility index (Phi) is 5.23. The Balaban J connectivity index is 2.45. The Morgan fingerprint density at radius 3 is 2.61 bits per heavy atom. The maximum absolute atomic E-state index is 12.9. The summed E-state index contributed by atoms with van der Waals surface area (Å²) in [7, 11) is 0. The third-order valence-electron chi connectivity index (χ3n) is 2.10. The van der Waals surface area contributed by atoms with E-state index in [1.54, 1.807) is 6.92 Å². The molecule has 6 heteroatoms. The molecule has 1 rings (SSSR count). The molecule has 1 aromatic rings. The van der Waals surface area contributed by atoms with Crippen LogP contribution in [0.15, 0.2) is 18.2 Å². The standard InChI is InChI=1S/C12H13F2NO3/c1-2-18-11(16)5-6-15-12(17)8-3-4-9(13)10(14)7-8/h3-4,7H,2,5-6H2,1H3,(H,15,17). The summed E-state index contributed by atoms with van der Waals surface area (Å²) >= 11 is 0. The van der Waals surface area contributed by atoms with E-state index < -0.39 is 23.5 Å². The maximum atomic E-state index is 12.9. The number of hydrogen-bond acceptors (Lipinski definition) is 3. The second-order valence-corrected chi connectivity index (χ2v) is 3.44. The van der Waals surface area contributed by atoms with Crippen LogP contribution >= 0.6 is 0 Å². The van der Waals surface area contributed by atoms with E-state index in [0.717, 1.165) is 18.2 Å². The van der Waals surface area contributed by atoms with E-state index in [9.17, 15) is 18.4 Å². The number of halogens is 2. The van der Waals surface area contributed by atoms with Crippen molar-refractivity contribution in [3.8, 4) is 0 Å². The highest BCUT2D eigenvalue weighted by atomic mass is 19.2. The number of carbonyl (C=O) groups is 2. The van der Waals surface area contributed by atoms with Crippen LogP contribution in [0.2, 0.25) is 0 Å². The number of hydrogen-bond donors (Lipinski definition) is 1. The molecule has 0 atom stereocenters. The zero-order valence-electron chi connectivity index (χ0n) is 9.83. The van der Waals surface area contributed by atoms with Crippen LogP contribution in [0.25, 0.3) is 0 Å². The predicted molar refractivity (Wildman–Crippen MR) is 59.9 cm³/mol. The van der Waals surface area contributed by atoms with E-state index in [2.05, 4.69) is 10.1 Å². The minimum Gasteiger partial charge on any atom is -0.466 e. The van der Waals surface area contributed by atoms with Gasteiger partial charge in [0.2, 0.25) is 0 Å². The van der Waals surface area contributed by atoms with Crippen LogP contribution in [0, 0.1) is 11.6 Å². The van der Waals surface area contributed by atoms with E-state index in [-0.39, 0.29) is 25.1 Å². The number of esters is 1. The molecule has 1 N–H and O–H groups in total. The van der Waals surface area contributed by atoms with E-state index >= 15 is 0 Å². The Labute approximate surface area is 103 Å². The summed E-state index contributed by atoms with van der Waals surface area (Å²) in [6.07, 6.45) is 0.0310. The van der Waals surface area contributed by atoms with Gasteiger partial charge in [-0.3, -0.25) is 9.59 Å². The first-order valence-electron chi connectivity index (χ1n) is 5.43. The summed E-state index contributed by atoms with van der Waals surface area (Å²) in [6, 6.07) is 2.84. The molecule has 0 aliphatic carbocycles. The third kappa shape index (κ3) is 4.12. The van der Waals surface area contributed by atoms with Crippen molar-refractivity contribution in [1.82, 2.24) is 5.32 Å². The summed E-state index contributed by atoms with van der Waals surface area (Å²) in [5.41, 5.74) is -0.00208. The third-order valence-corrected chi connectivity index (χ3v) is 2.10. The molecule has 0 spiro atoms. The van der Waals surface area contributed by atoms with E-state index in [1.165, 1.54) is 0 Å². The van der Waals surface area contributed by atoms with Crippen molar-refractivity contribution in [3.05, 3.63) is 35.4 Å². The first kappa shape index (κ1) is 14.1. The van der Waals surface area contributed by atoms with Crippen molar-refractivity contribution in [2.24, 2.45) is 0 Å². The number of ether oxygens (including phenoxy) is 1. The topological polar surface area (TPSA) is 55.4 Å². The van der Waals surface area contributed by atoms with Crippen molar-refractivity contribution in [2.45, 2.75) is 13.3 Å². The minimum absolute atomic E-state index is 0.00208. The summed E-state index contributed by atoms with van der Waals surface area (Å²) in [5.74, 6) is -3.10. The van der Waals surface area contributed by atoms with Gasteiger partial charge in [-0.15, -0.1) is 0 Å². The highest BCUT2D eigenvalue weighted by Crippen LogP contribution is 2.08. The molecule has 0 fully saturated rings. The van der Waals surface area contributed by atoms with Crippen LogP contribution in [-0.4, -0.2) is 25.0 Å². The molecular weight excluding hydrogens is 244 g/mol. The molecule has 0 aromatic heterocycles. The van der Waals surface area contributed by atoms with Gasteiger partial charge in [-0.1, -0.05) is 0 Å². The van der Waals surface area contributed by atoms with E-state index in [1.807, 2.05) is 0 Å². The molecule has 0 aliphatic heterocycles. The minimum atomic E-state index is -1.09. The summed E-state index contributed by atoms with van der Waals surface area (Å²) < 4.78 is 30.2. The van der Waals surface area contributed by atoms with Crippen molar-refractivity contribution in [1.29, 1.82) is 0 Å². The molecule has 18 heavy (non-hydrogen) atoms. The summed E-state index contributed by atoms with van der Waals surface area (Å²) in [5, 5.41) is 2.41. The van der Waals surface area contributed by atoms with Gasteiger partial charge in [0.15, 0.2) is 11.6 Å². The molecule has 0 saturated carbocycles. The van der Waals surface area contributed by atoms with Crippen molar-refractivity contribution >= 4 is 11.9 Å². The van der Waals surface area contributed by atoms with Crippen LogP contribution in [0.4, 0.5) is 8.78 Å². The monoisotopic (exact) mass is 257 g/mol. The maximum Gasteiger partial charge on any atom is 0.307 e. The van der Waals surface area contributed by atoms with Gasteiger partial charge in [-0.05, 0) is 25.1 Å². The first-order chi connectivity index (χ1) is 8.54. The van der Waals surface area contributed by atoms with Crippen molar-refractivity contribution in [2.75, 3.05) is 13.2 Å². The van der Waals surface area contributed by atoms with E-state index in [0.29, 0.717) is 0 Å². The molecule has 1 amide bonds. The Bertz CT molecular complexity index is 449. The molecule has 0 bridgehead atoms. The quantitative estimate of drug-likeness (QED) is 0.816. The Morgan fingerprint density at radius 2 is 2.00 bits per heavy atom. The Morgan fingerprint density at radius 1 is 1.28 bits per heavy atom. The molecule has 4 nitrogen and oxygen atoms in total. The number of rotatable bonds is 5. The van der Waals surface area contributed by atoms with Gasteiger partial charge >= 0.3 is 5.97 Å². The lowest BCUT2D eigenvalue weighted by Gasteiger charge is -2.05. The van der Waals surface area contributed by atoms with Gasteiger partial charge in [0.05, 0.1) is 13.0 Å². The molecule has 1 aromatic carbocycles. The number of nitrogens with one attached hydrogen (secondary N) is 1. The zero-order valence-corrected chi connectivity index (χ0v) is 9.83.